The van der Waals surface area contributed by atoms with E-state index in [0.29, 0.717) is 16.9 Å². The van der Waals surface area contributed by atoms with Gasteiger partial charge in [-0.15, -0.1) is 0 Å². The first-order valence-corrected chi connectivity index (χ1v) is 6.61. The van der Waals surface area contributed by atoms with Gasteiger partial charge in [-0.25, -0.2) is 4.98 Å². The van der Waals surface area contributed by atoms with Crippen molar-refractivity contribution in [2.45, 2.75) is 12.8 Å². The van der Waals surface area contributed by atoms with Gasteiger partial charge in [0.2, 0.25) is 5.91 Å². The second-order valence-corrected chi connectivity index (χ2v) is 4.89. The third-order valence-electron chi connectivity index (χ3n) is 3.26. The maximum atomic E-state index is 12.2. The molecule has 1 saturated carbocycles. The van der Waals surface area contributed by atoms with Crippen LogP contribution in [0.4, 0.5) is 5.82 Å². The number of aromatic nitrogens is 1. The monoisotopic (exact) mass is 267 g/mol. The van der Waals surface area contributed by atoms with E-state index in [-0.39, 0.29) is 17.6 Å². The van der Waals surface area contributed by atoms with Crippen LogP contribution in [0.3, 0.4) is 0 Å². The third-order valence-corrected chi connectivity index (χ3v) is 3.26. The minimum absolute atomic E-state index is 0.0136. The predicted octanol–water partition coefficient (Wildman–Crippen LogP) is 2.66. The van der Waals surface area contributed by atoms with Gasteiger partial charge in [-0.3, -0.25) is 9.59 Å². The number of nitrogens with zero attached hydrogens (tertiary/aromatic N) is 1. The summed E-state index contributed by atoms with van der Waals surface area (Å²) in [5.41, 5.74) is 1.14. The summed E-state index contributed by atoms with van der Waals surface area (Å²) in [5, 5.41) is 2.75. The molecular formula is C16H14N2O2. The Labute approximate surface area is 116 Å². The SMILES string of the molecule is O=C(Nc1ccc([13C](=O)c2ccccc2)cn1)C1CC1. The second kappa shape index (κ2) is 5.25. The molecule has 0 atom stereocenters. The van der Waals surface area contributed by atoms with Crippen LogP contribution in [-0.4, -0.2) is 16.7 Å². The van der Waals surface area contributed by atoms with E-state index in [0.717, 1.165) is 12.8 Å². The Balaban J connectivity index is 1.72. The van der Waals surface area contributed by atoms with Crippen LogP contribution in [0.1, 0.15) is 28.8 Å². The zero-order valence-electron chi connectivity index (χ0n) is 10.9. The minimum atomic E-state index is -0.0711. The van der Waals surface area contributed by atoms with Gasteiger partial charge < -0.3 is 5.32 Å². The highest BCUT2D eigenvalue weighted by Gasteiger charge is 2.29. The fraction of sp³-hybridized carbons (Fsp3) is 0.188. The molecule has 1 heterocycles. The number of nitrogens with one attached hydrogen (secondary N) is 1. The highest BCUT2D eigenvalue weighted by molar-refractivity contribution is 6.08. The van der Waals surface area contributed by atoms with Gasteiger partial charge in [0, 0.05) is 23.2 Å². The summed E-state index contributed by atoms with van der Waals surface area (Å²) >= 11 is 0. The molecule has 1 amide bonds. The number of anilines is 1. The molecule has 0 unspecified atom stereocenters. The number of pyridine rings is 1. The molecule has 0 saturated heterocycles. The summed E-state index contributed by atoms with van der Waals surface area (Å²) in [6.45, 7) is 0. The number of carbonyl (C=O) groups is 2. The number of carbonyl (C=O) groups excluding carboxylic acids is 2. The predicted molar refractivity (Wildman–Crippen MR) is 75.5 cm³/mol. The Morgan fingerprint density at radius 3 is 2.35 bits per heavy atom. The summed E-state index contributed by atoms with van der Waals surface area (Å²) in [5.74, 6) is 0.576. The molecule has 0 radical (unpaired) electrons. The number of amides is 1. The topological polar surface area (TPSA) is 59.1 Å². The number of ketones is 1. The molecule has 4 heteroatoms. The summed E-state index contributed by atoms with van der Waals surface area (Å²) in [4.78, 5) is 27.9. The highest BCUT2D eigenvalue weighted by Crippen LogP contribution is 2.29. The number of hydrogen-bond acceptors (Lipinski definition) is 3. The van der Waals surface area contributed by atoms with Gasteiger partial charge in [0.25, 0.3) is 0 Å². The van der Waals surface area contributed by atoms with Crippen molar-refractivity contribution in [2.24, 2.45) is 5.92 Å². The average molecular weight is 267 g/mol. The smallest absolute Gasteiger partial charge is 0.228 e. The fourth-order valence-corrected chi connectivity index (χ4v) is 1.93. The Morgan fingerprint density at radius 2 is 1.75 bits per heavy atom. The van der Waals surface area contributed by atoms with Crippen LogP contribution in [0, 0.1) is 5.92 Å². The molecule has 0 bridgehead atoms. The van der Waals surface area contributed by atoms with E-state index in [4.69, 9.17) is 0 Å². The molecule has 3 rings (SSSR count). The van der Waals surface area contributed by atoms with Crippen molar-refractivity contribution < 1.29 is 9.59 Å². The lowest BCUT2D eigenvalue weighted by molar-refractivity contribution is -0.117. The van der Waals surface area contributed by atoms with E-state index in [1.165, 1.54) is 6.20 Å². The first-order valence-electron chi connectivity index (χ1n) is 6.61. The lowest BCUT2D eigenvalue weighted by Gasteiger charge is -2.04. The highest BCUT2D eigenvalue weighted by atomic mass is 16.2. The van der Waals surface area contributed by atoms with Crippen LogP contribution in [0.2, 0.25) is 0 Å². The maximum absolute atomic E-state index is 12.2. The first-order chi connectivity index (χ1) is 9.74. The van der Waals surface area contributed by atoms with E-state index in [1.807, 2.05) is 18.2 Å². The van der Waals surface area contributed by atoms with E-state index >= 15 is 0 Å². The molecule has 4 nitrogen and oxygen atoms in total. The standard InChI is InChI=1S/C16H14N2O2/c19-15(11-4-2-1-3-5-11)13-8-9-14(17-10-13)18-16(20)12-6-7-12/h1-5,8-10,12H,6-7H2,(H,17,18,20)/i15+1. The van der Waals surface area contributed by atoms with Crippen LogP contribution < -0.4 is 5.32 Å². The molecule has 100 valence electrons. The molecule has 1 aliphatic rings. The van der Waals surface area contributed by atoms with Gasteiger partial charge in [-0.05, 0) is 25.0 Å². The molecule has 0 aliphatic heterocycles. The van der Waals surface area contributed by atoms with Crippen LogP contribution in [0.25, 0.3) is 0 Å². The zero-order chi connectivity index (χ0) is 13.9. The van der Waals surface area contributed by atoms with Crippen LogP contribution in [0.5, 0.6) is 0 Å². The molecule has 1 aromatic carbocycles. The Morgan fingerprint density at radius 1 is 1.00 bits per heavy atom. The van der Waals surface area contributed by atoms with Crippen molar-refractivity contribution in [3.63, 3.8) is 0 Å². The van der Waals surface area contributed by atoms with Crippen molar-refractivity contribution in [2.75, 3.05) is 5.32 Å². The van der Waals surface area contributed by atoms with Crippen molar-refractivity contribution in [1.29, 1.82) is 0 Å². The van der Waals surface area contributed by atoms with Gasteiger partial charge in [0.1, 0.15) is 5.82 Å². The van der Waals surface area contributed by atoms with Crippen LogP contribution in [-0.2, 0) is 4.79 Å². The molecular weight excluding hydrogens is 253 g/mol. The molecule has 1 fully saturated rings. The number of rotatable bonds is 4. The summed E-state index contributed by atoms with van der Waals surface area (Å²) < 4.78 is 0. The molecule has 0 spiro atoms. The second-order valence-electron chi connectivity index (χ2n) is 4.89. The molecule has 2 aromatic rings. The summed E-state index contributed by atoms with van der Waals surface area (Å²) in [6, 6.07) is 12.4. The third kappa shape index (κ3) is 2.74. The van der Waals surface area contributed by atoms with Gasteiger partial charge in [-0.1, -0.05) is 30.3 Å². The average Bonchev–Trinajstić information content (AvgIpc) is 3.33. The number of hydrogen-bond donors (Lipinski definition) is 1. The van der Waals surface area contributed by atoms with Gasteiger partial charge in [0.05, 0.1) is 0 Å². The summed E-state index contributed by atoms with van der Waals surface area (Å²) in [7, 11) is 0. The maximum Gasteiger partial charge on any atom is 0.228 e. The lowest BCUT2D eigenvalue weighted by atomic mass is 10.2. The van der Waals surface area contributed by atoms with Gasteiger partial charge in [-0.2, -0.15) is 0 Å². The number of benzene rings is 1. The first kappa shape index (κ1) is 12.5. The molecule has 1 aliphatic carbocycles. The quantitative estimate of drug-likeness (QED) is 0.684. The zero-order valence-corrected chi connectivity index (χ0v) is 10.9. The van der Waals surface area contributed by atoms with Crippen LogP contribution >= 0.6 is 0 Å². The Bertz CT molecular complexity index is 631. The van der Waals surface area contributed by atoms with E-state index in [2.05, 4.69) is 10.3 Å². The van der Waals surface area contributed by atoms with Crippen LogP contribution in [0.15, 0.2) is 48.7 Å². The Hall–Kier alpha value is -2.49. The van der Waals surface area contributed by atoms with E-state index < -0.39 is 0 Å². The van der Waals surface area contributed by atoms with Crippen molar-refractivity contribution in [1.82, 2.24) is 4.98 Å². The normalized spacial score (nSPS) is 13.8. The van der Waals surface area contributed by atoms with E-state index in [1.54, 1.807) is 24.3 Å². The van der Waals surface area contributed by atoms with Crippen molar-refractivity contribution in [3.05, 3.63) is 59.8 Å². The van der Waals surface area contributed by atoms with Crippen molar-refractivity contribution in [3.8, 4) is 0 Å². The summed E-state index contributed by atoms with van der Waals surface area (Å²) in [6.07, 6.45) is 3.41. The largest absolute Gasteiger partial charge is 0.310 e. The molecule has 20 heavy (non-hydrogen) atoms. The van der Waals surface area contributed by atoms with Crippen molar-refractivity contribution >= 4 is 17.5 Å². The Kier molecular flexibility index (Phi) is 3.29. The van der Waals surface area contributed by atoms with E-state index in [9.17, 15) is 9.59 Å². The van der Waals surface area contributed by atoms with Gasteiger partial charge >= 0.3 is 0 Å². The lowest BCUT2D eigenvalue weighted by Crippen LogP contribution is -2.14. The van der Waals surface area contributed by atoms with Gasteiger partial charge in [0.15, 0.2) is 5.78 Å². The molecule has 1 aromatic heterocycles. The molecule has 1 N–H and O–H groups in total. The minimum Gasteiger partial charge on any atom is -0.310 e. The fourth-order valence-electron chi connectivity index (χ4n) is 1.93.